The van der Waals surface area contributed by atoms with Gasteiger partial charge in [-0.3, -0.25) is 10.1 Å². The molecule has 0 aliphatic carbocycles. The highest BCUT2D eigenvalue weighted by Crippen LogP contribution is 2.28. The third-order valence-electron chi connectivity index (χ3n) is 8.14. The number of amides is 1. The van der Waals surface area contributed by atoms with E-state index in [9.17, 15) is 19.1 Å². The molecule has 9 heteroatoms. The summed E-state index contributed by atoms with van der Waals surface area (Å²) in [7, 11) is 0. The van der Waals surface area contributed by atoms with Crippen LogP contribution < -0.4 is 16.0 Å². The molecule has 4 aromatic rings. The Hall–Kier alpha value is -4.57. The van der Waals surface area contributed by atoms with E-state index in [2.05, 4.69) is 20.9 Å². The van der Waals surface area contributed by atoms with Crippen molar-refractivity contribution in [3.05, 3.63) is 120 Å². The third kappa shape index (κ3) is 9.71. The first-order valence-electron chi connectivity index (χ1n) is 15.8. The number of aromatic hydroxyl groups is 1. The van der Waals surface area contributed by atoms with E-state index >= 15 is 0 Å². The number of hydrogen-bond donors (Lipinski definition) is 4. The Balaban J connectivity index is 0.962. The number of ketones is 1. The first-order valence-corrected chi connectivity index (χ1v) is 15.8. The molecule has 46 heavy (non-hydrogen) atoms. The molecule has 1 amide bonds. The molecule has 0 aromatic heterocycles. The van der Waals surface area contributed by atoms with Crippen LogP contribution in [0.15, 0.2) is 97.1 Å². The average Bonchev–Trinajstić information content (AvgIpc) is 3.07. The SMILES string of the molecule is O=C(Nc1ccccc1-c1ccccc1)OC1CCN(CCNCC(=O)c2ccc(CNCCc3ccc(O)cc3)cc2F)CC1. The van der Waals surface area contributed by atoms with E-state index < -0.39 is 11.9 Å². The Morgan fingerprint density at radius 2 is 1.57 bits per heavy atom. The number of benzene rings is 4. The number of piperidine rings is 1. The summed E-state index contributed by atoms with van der Waals surface area (Å²) in [6.07, 6.45) is 1.64. The zero-order valence-electron chi connectivity index (χ0n) is 25.9. The van der Waals surface area contributed by atoms with E-state index in [1.54, 1.807) is 24.3 Å². The number of rotatable bonds is 14. The lowest BCUT2D eigenvalue weighted by molar-refractivity contribution is 0.0593. The number of carbonyl (C=O) groups is 2. The Labute approximate surface area is 269 Å². The minimum absolute atomic E-state index is 0.0609. The molecule has 1 fully saturated rings. The Kier molecular flexibility index (Phi) is 11.9. The molecule has 1 aliphatic rings. The molecule has 5 rings (SSSR count). The van der Waals surface area contributed by atoms with Crippen molar-refractivity contribution >= 4 is 17.6 Å². The normalized spacial score (nSPS) is 13.8. The van der Waals surface area contributed by atoms with Crippen LogP contribution in [0.25, 0.3) is 11.1 Å². The summed E-state index contributed by atoms with van der Waals surface area (Å²) in [5.41, 5.74) is 4.63. The van der Waals surface area contributed by atoms with Crippen LogP contribution in [0.1, 0.15) is 34.3 Å². The van der Waals surface area contributed by atoms with Gasteiger partial charge in [0.05, 0.1) is 17.8 Å². The van der Waals surface area contributed by atoms with Gasteiger partial charge in [0.15, 0.2) is 5.78 Å². The van der Waals surface area contributed by atoms with Crippen molar-refractivity contribution in [3.8, 4) is 16.9 Å². The second-order valence-electron chi connectivity index (χ2n) is 11.5. The molecule has 8 nitrogen and oxygen atoms in total. The number of nitrogens with one attached hydrogen (secondary N) is 3. The molecule has 0 saturated carbocycles. The van der Waals surface area contributed by atoms with E-state index in [1.807, 2.05) is 66.7 Å². The standard InChI is InChI=1S/C37H41FN4O4/c38-34-24-28(25-39-19-16-27-10-13-30(43)14-11-27)12-15-33(34)36(44)26-40-20-23-42-21-17-31(18-22-42)46-37(45)41-35-9-5-4-8-32(35)29-6-2-1-3-7-29/h1-15,24,31,39-40,43H,16-23,25-26H2,(H,41,45). The summed E-state index contributed by atoms with van der Waals surface area (Å²) in [6, 6.07) is 29.4. The number of hydrogen-bond acceptors (Lipinski definition) is 7. The molecule has 0 radical (unpaired) electrons. The number of ether oxygens (including phenoxy) is 1. The lowest BCUT2D eigenvalue weighted by atomic mass is 10.0. The largest absolute Gasteiger partial charge is 0.508 e. The first-order chi connectivity index (χ1) is 22.4. The molecule has 1 heterocycles. The van der Waals surface area contributed by atoms with E-state index in [-0.39, 0.29) is 29.7 Å². The monoisotopic (exact) mass is 624 g/mol. The highest BCUT2D eigenvalue weighted by Gasteiger charge is 2.23. The molecular formula is C37H41FN4O4. The number of halogens is 1. The minimum Gasteiger partial charge on any atom is -0.508 e. The minimum atomic E-state index is -0.515. The van der Waals surface area contributed by atoms with Gasteiger partial charge < -0.3 is 25.4 Å². The first kappa shape index (κ1) is 32.8. The van der Waals surface area contributed by atoms with Crippen LogP contribution in [0, 0.1) is 5.82 Å². The highest BCUT2D eigenvalue weighted by molar-refractivity contribution is 5.98. The number of para-hydroxylation sites is 1. The Bertz CT molecular complexity index is 1570. The Morgan fingerprint density at radius 1 is 0.848 bits per heavy atom. The summed E-state index contributed by atoms with van der Waals surface area (Å²) >= 11 is 0. The van der Waals surface area contributed by atoms with Gasteiger partial charge in [-0.1, -0.05) is 66.7 Å². The molecule has 1 saturated heterocycles. The number of anilines is 1. The van der Waals surface area contributed by atoms with Gasteiger partial charge in [0.25, 0.3) is 0 Å². The maximum Gasteiger partial charge on any atom is 0.411 e. The summed E-state index contributed by atoms with van der Waals surface area (Å²) in [5, 5.41) is 18.7. The number of likely N-dealkylation sites (tertiary alicyclic amines) is 1. The zero-order chi connectivity index (χ0) is 32.1. The van der Waals surface area contributed by atoms with E-state index in [0.717, 1.165) is 61.2 Å². The molecule has 1 aliphatic heterocycles. The Morgan fingerprint density at radius 3 is 2.33 bits per heavy atom. The fourth-order valence-electron chi connectivity index (χ4n) is 5.56. The van der Waals surface area contributed by atoms with Gasteiger partial charge in [0.2, 0.25) is 0 Å². The van der Waals surface area contributed by atoms with E-state index in [0.29, 0.717) is 25.3 Å². The zero-order valence-corrected chi connectivity index (χ0v) is 25.9. The van der Waals surface area contributed by atoms with E-state index in [1.165, 1.54) is 6.07 Å². The number of carbonyl (C=O) groups excluding carboxylic acids is 2. The molecule has 0 spiro atoms. The molecule has 240 valence electrons. The van der Waals surface area contributed by atoms with Gasteiger partial charge in [-0.2, -0.15) is 0 Å². The quantitative estimate of drug-likeness (QED) is 0.101. The van der Waals surface area contributed by atoms with Crippen molar-refractivity contribution in [2.75, 3.05) is 44.6 Å². The summed E-state index contributed by atoms with van der Waals surface area (Å²) in [6.45, 7) is 4.18. The average molecular weight is 625 g/mol. The van der Waals surface area contributed by atoms with Crippen molar-refractivity contribution in [1.29, 1.82) is 0 Å². The van der Waals surface area contributed by atoms with Crippen LogP contribution in [0.5, 0.6) is 5.75 Å². The van der Waals surface area contributed by atoms with Crippen LogP contribution in [0.4, 0.5) is 14.9 Å². The highest BCUT2D eigenvalue weighted by atomic mass is 19.1. The third-order valence-corrected chi connectivity index (χ3v) is 8.14. The second-order valence-corrected chi connectivity index (χ2v) is 11.5. The number of nitrogens with zero attached hydrogens (tertiary/aromatic N) is 1. The fourth-order valence-corrected chi connectivity index (χ4v) is 5.56. The van der Waals surface area contributed by atoms with Gasteiger partial charge in [-0.25, -0.2) is 9.18 Å². The number of phenols is 1. The van der Waals surface area contributed by atoms with Crippen LogP contribution in [-0.2, 0) is 17.7 Å². The van der Waals surface area contributed by atoms with Crippen molar-refractivity contribution < 1.29 is 23.8 Å². The molecule has 0 bridgehead atoms. The smallest absolute Gasteiger partial charge is 0.411 e. The molecule has 4 N–H and O–H groups in total. The predicted molar refractivity (Wildman–Crippen MR) is 179 cm³/mol. The maximum absolute atomic E-state index is 14.7. The predicted octanol–water partition coefficient (Wildman–Crippen LogP) is 6.02. The molecular weight excluding hydrogens is 583 g/mol. The van der Waals surface area contributed by atoms with Crippen LogP contribution in [0.2, 0.25) is 0 Å². The molecule has 0 unspecified atom stereocenters. The van der Waals surface area contributed by atoms with Crippen molar-refractivity contribution in [1.82, 2.24) is 15.5 Å². The van der Waals surface area contributed by atoms with Crippen molar-refractivity contribution in [3.63, 3.8) is 0 Å². The van der Waals surface area contributed by atoms with Gasteiger partial charge in [-0.05, 0) is 72.8 Å². The topological polar surface area (TPSA) is 103 Å². The van der Waals surface area contributed by atoms with E-state index in [4.69, 9.17) is 4.74 Å². The maximum atomic E-state index is 14.7. The lowest BCUT2D eigenvalue weighted by Gasteiger charge is -2.31. The van der Waals surface area contributed by atoms with Gasteiger partial charge in [0, 0.05) is 38.3 Å². The van der Waals surface area contributed by atoms with Crippen LogP contribution in [0.3, 0.4) is 0 Å². The summed E-state index contributed by atoms with van der Waals surface area (Å²) in [4.78, 5) is 27.6. The van der Waals surface area contributed by atoms with Gasteiger partial charge >= 0.3 is 6.09 Å². The molecule has 4 aromatic carbocycles. The van der Waals surface area contributed by atoms with Gasteiger partial charge in [0.1, 0.15) is 17.7 Å². The number of Topliss-reactive ketones (excluding diaryl/α,β-unsaturated/α-hetero) is 1. The van der Waals surface area contributed by atoms with Crippen LogP contribution in [-0.4, -0.2) is 67.3 Å². The number of phenolic OH excluding ortho intramolecular Hbond substituents is 1. The fraction of sp³-hybridized carbons (Fsp3) is 0.297. The van der Waals surface area contributed by atoms with Gasteiger partial charge in [-0.15, -0.1) is 0 Å². The lowest BCUT2D eigenvalue weighted by Crippen LogP contribution is -2.42. The molecule has 0 atom stereocenters. The van der Waals surface area contributed by atoms with Crippen LogP contribution >= 0.6 is 0 Å². The summed E-state index contributed by atoms with van der Waals surface area (Å²) < 4.78 is 20.4. The van der Waals surface area contributed by atoms with Crippen molar-refractivity contribution in [2.24, 2.45) is 0 Å². The van der Waals surface area contributed by atoms with Crippen molar-refractivity contribution in [2.45, 2.75) is 31.9 Å². The second kappa shape index (κ2) is 16.7. The summed E-state index contributed by atoms with van der Waals surface area (Å²) in [5.74, 6) is -0.555.